The molecule has 2 aliphatic heterocycles. The lowest BCUT2D eigenvalue weighted by atomic mass is 9.88. The zero-order chi connectivity index (χ0) is 27.4. The van der Waals surface area contributed by atoms with Crippen LogP contribution in [-0.2, 0) is 32.3 Å². The maximum Gasteiger partial charge on any atom is 0.255 e. The van der Waals surface area contributed by atoms with Gasteiger partial charge in [0.15, 0.2) is 0 Å². The number of nitrogens with one attached hydrogen (secondary N) is 3. The number of hydrogen-bond donors (Lipinski definition) is 3. The van der Waals surface area contributed by atoms with Crippen LogP contribution < -0.4 is 16.0 Å². The first-order chi connectivity index (χ1) is 18.9. The van der Waals surface area contributed by atoms with Crippen molar-refractivity contribution < 1.29 is 24.0 Å². The lowest BCUT2D eigenvalue weighted by Gasteiger charge is -2.29. The molecule has 2 heterocycles. The third-order valence-electron chi connectivity index (χ3n) is 8.03. The molecule has 0 aromatic heterocycles. The summed E-state index contributed by atoms with van der Waals surface area (Å²) in [6.45, 7) is 0.769. The molecule has 3 N–H and O–H groups in total. The number of imide groups is 1. The van der Waals surface area contributed by atoms with Crippen molar-refractivity contribution >= 4 is 29.5 Å². The van der Waals surface area contributed by atoms with E-state index < -0.39 is 17.9 Å². The Hall–Kier alpha value is -4.01. The third-order valence-corrected chi connectivity index (χ3v) is 8.03. The second-order valence-electron chi connectivity index (χ2n) is 10.7. The monoisotopic (exact) mass is 530 g/mol. The first-order valence-electron chi connectivity index (χ1n) is 13.8. The molecule has 0 spiro atoms. The van der Waals surface area contributed by atoms with E-state index in [1.54, 1.807) is 12.1 Å². The van der Waals surface area contributed by atoms with Crippen LogP contribution in [0.3, 0.4) is 0 Å². The van der Waals surface area contributed by atoms with Crippen LogP contribution in [-0.4, -0.2) is 47.0 Å². The van der Waals surface area contributed by atoms with Gasteiger partial charge in [-0.3, -0.25) is 29.3 Å². The second-order valence-corrected chi connectivity index (χ2v) is 10.7. The Bertz CT molecular complexity index is 1270. The van der Waals surface area contributed by atoms with Gasteiger partial charge in [0.05, 0.1) is 5.92 Å². The Morgan fingerprint density at radius 3 is 2.46 bits per heavy atom. The van der Waals surface area contributed by atoms with Crippen molar-refractivity contribution in [2.45, 2.75) is 70.0 Å². The van der Waals surface area contributed by atoms with Crippen molar-refractivity contribution in [3.8, 4) is 0 Å². The molecule has 204 valence electrons. The summed E-state index contributed by atoms with van der Waals surface area (Å²) < 4.78 is 0. The van der Waals surface area contributed by atoms with Gasteiger partial charge in [-0.1, -0.05) is 61.7 Å². The van der Waals surface area contributed by atoms with Crippen LogP contribution in [0, 0.1) is 5.92 Å². The molecule has 5 rings (SSSR count). The number of nitrogens with zero attached hydrogens (tertiary/aromatic N) is 1. The van der Waals surface area contributed by atoms with Gasteiger partial charge in [0.25, 0.3) is 5.91 Å². The molecule has 9 nitrogen and oxygen atoms in total. The van der Waals surface area contributed by atoms with Crippen molar-refractivity contribution in [3.05, 3.63) is 70.8 Å². The zero-order valence-corrected chi connectivity index (χ0v) is 21.9. The number of rotatable bonds is 8. The molecular formula is C30H34N4O5. The molecule has 2 aromatic rings. The van der Waals surface area contributed by atoms with Gasteiger partial charge in [0.1, 0.15) is 6.04 Å². The van der Waals surface area contributed by atoms with Gasteiger partial charge in [-0.15, -0.1) is 0 Å². The van der Waals surface area contributed by atoms with E-state index in [-0.39, 0.29) is 55.6 Å². The summed E-state index contributed by atoms with van der Waals surface area (Å²) in [4.78, 5) is 64.3. The Balaban J connectivity index is 1.22. The number of carbonyl (C=O) groups is 5. The molecule has 9 heteroatoms. The largest absolute Gasteiger partial charge is 0.355 e. The molecule has 3 aliphatic rings. The van der Waals surface area contributed by atoms with E-state index in [0.29, 0.717) is 12.0 Å². The summed E-state index contributed by atoms with van der Waals surface area (Å²) in [5.74, 6) is -1.67. The minimum absolute atomic E-state index is 0.0205. The first kappa shape index (κ1) is 26.6. The SMILES string of the molecule is O=C1CCC(N2Cc3cc(CNC(=O)C(CNC(=O)C4CCCCC4)c4ccccc4)ccc3C2=O)C(=O)N1. The summed E-state index contributed by atoms with van der Waals surface area (Å²) in [7, 11) is 0. The van der Waals surface area contributed by atoms with Gasteiger partial charge < -0.3 is 15.5 Å². The van der Waals surface area contributed by atoms with E-state index in [1.165, 1.54) is 11.3 Å². The van der Waals surface area contributed by atoms with Crippen LogP contribution in [0.25, 0.3) is 0 Å². The van der Waals surface area contributed by atoms with E-state index in [0.717, 1.165) is 42.4 Å². The van der Waals surface area contributed by atoms with Crippen LogP contribution >= 0.6 is 0 Å². The Kier molecular flexibility index (Phi) is 8.05. The van der Waals surface area contributed by atoms with Crippen LogP contribution in [0.5, 0.6) is 0 Å². The fraction of sp³-hybridized carbons (Fsp3) is 0.433. The maximum absolute atomic E-state index is 13.3. The molecule has 5 amide bonds. The topological polar surface area (TPSA) is 125 Å². The third kappa shape index (κ3) is 6.02. The summed E-state index contributed by atoms with van der Waals surface area (Å²) in [5.41, 5.74) is 2.98. The summed E-state index contributed by atoms with van der Waals surface area (Å²) >= 11 is 0. The van der Waals surface area contributed by atoms with Gasteiger partial charge in [0.2, 0.25) is 23.6 Å². The van der Waals surface area contributed by atoms with Gasteiger partial charge in [0, 0.05) is 37.5 Å². The number of piperidine rings is 1. The van der Waals surface area contributed by atoms with Crippen molar-refractivity contribution in [3.63, 3.8) is 0 Å². The molecule has 2 aromatic carbocycles. The van der Waals surface area contributed by atoms with Crippen molar-refractivity contribution in [2.24, 2.45) is 5.92 Å². The normalized spacial score (nSPS) is 20.3. The predicted octanol–water partition coefficient (Wildman–Crippen LogP) is 2.54. The standard InChI is InChI=1S/C30H34N4O5/c35-26-14-13-25(29(38)33-26)34-18-22-15-19(11-12-23(22)30(34)39)16-31-28(37)24(20-7-3-1-4-8-20)17-32-27(36)21-9-5-2-6-10-21/h1,3-4,7-8,11-12,15,21,24-25H,2,5-6,9-10,13-14,16-18H2,(H,31,37)(H,32,36)(H,33,35,38). The fourth-order valence-corrected chi connectivity index (χ4v) is 5.81. The fourth-order valence-electron chi connectivity index (χ4n) is 5.81. The van der Waals surface area contributed by atoms with Crippen molar-refractivity contribution in [1.82, 2.24) is 20.9 Å². The van der Waals surface area contributed by atoms with E-state index in [2.05, 4.69) is 16.0 Å². The highest BCUT2D eigenvalue weighted by molar-refractivity contribution is 6.05. The van der Waals surface area contributed by atoms with Gasteiger partial charge in [-0.25, -0.2) is 0 Å². The highest BCUT2D eigenvalue weighted by Crippen LogP contribution is 2.28. The number of hydrogen-bond acceptors (Lipinski definition) is 5. The highest BCUT2D eigenvalue weighted by Gasteiger charge is 2.39. The van der Waals surface area contributed by atoms with E-state index >= 15 is 0 Å². The van der Waals surface area contributed by atoms with E-state index in [4.69, 9.17) is 0 Å². The quantitative estimate of drug-likeness (QED) is 0.453. The zero-order valence-electron chi connectivity index (χ0n) is 21.9. The number of carbonyl (C=O) groups excluding carboxylic acids is 5. The van der Waals surface area contributed by atoms with E-state index in [1.807, 2.05) is 36.4 Å². The lowest BCUT2D eigenvalue weighted by Crippen LogP contribution is -2.52. The van der Waals surface area contributed by atoms with Gasteiger partial charge in [-0.2, -0.15) is 0 Å². The Labute approximate surface area is 227 Å². The predicted molar refractivity (Wildman–Crippen MR) is 143 cm³/mol. The van der Waals surface area contributed by atoms with Crippen molar-refractivity contribution in [2.75, 3.05) is 6.54 Å². The Morgan fingerprint density at radius 1 is 0.949 bits per heavy atom. The first-order valence-corrected chi connectivity index (χ1v) is 13.8. The smallest absolute Gasteiger partial charge is 0.255 e. The molecule has 1 saturated carbocycles. The molecule has 1 aliphatic carbocycles. The van der Waals surface area contributed by atoms with E-state index in [9.17, 15) is 24.0 Å². The number of fused-ring (bicyclic) bond motifs is 1. The molecule has 2 unspecified atom stereocenters. The highest BCUT2D eigenvalue weighted by atomic mass is 16.2. The van der Waals surface area contributed by atoms with Crippen LogP contribution in [0.15, 0.2) is 48.5 Å². The van der Waals surface area contributed by atoms with Crippen LogP contribution in [0.2, 0.25) is 0 Å². The van der Waals surface area contributed by atoms with Crippen LogP contribution in [0.1, 0.15) is 77.9 Å². The maximum atomic E-state index is 13.3. The summed E-state index contributed by atoms with van der Waals surface area (Å²) in [6.07, 6.45) is 5.62. The Morgan fingerprint density at radius 2 is 1.72 bits per heavy atom. The molecular weight excluding hydrogens is 496 g/mol. The number of amides is 5. The molecule has 1 saturated heterocycles. The molecule has 0 bridgehead atoms. The second kappa shape index (κ2) is 11.8. The van der Waals surface area contributed by atoms with Gasteiger partial charge in [-0.05, 0) is 42.0 Å². The summed E-state index contributed by atoms with van der Waals surface area (Å²) in [5, 5.41) is 8.33. The minimum atomic E-state index is -0.666. The molecule has 2 atom stereocenters. The molecule has 0 radical (unpaired) electrons. The minimum Gasteiger partial charge on any atom is -0.355 e. The molecule has 39 heavy (non-hydrogen) atoms. The summed E-state index contributed by atoms with van der Waals surface area (Å²) in [6, 6.07) is 14.2. The lowest BCUT2D eigenvalue weighted by molar-refractivity contribution is -0.137. The van der Waals surface area contributed by atoms with Crippen molar-refractivity contribution in [1.29, 1.82) is 0 Å². The molecule has 2 fully saturated rings. The average Bonchev–Trinajstić information content (AvgIpc) is 3.28. The number of benzene rings is 2. The van der Waals surface area contributed by atoms with Crippen LogP contribution in [0.4, 0.5) is 0 Å². The average molecular weight is 531 g/mol. The van der Waals surface area contributed by atoms with Gasteiger partial charge >= 0.3 is 0 Å².